The monoisotopic (exact) mass is 376 g/mol. The molecule has 1 saturated heterocycles. The van der Waals surface area contributed by atoms with E-state index in [0.717, 1.165) is 4.90 Å². The summed E-state index contributed by atoms with van der Waals surface area (Å²) in [5.41, 5.74) is -0.443. The Kier molecular flexibility index (Phi) is 4.87. The fourth-order valence-electron chi connectivity index (χ4n) is 3.13. The van der Waals surface area contributed by atoms with E-state index in [1.54, 1.807) is 31.4 Å². The molecule has 26 heavy (non-hydrogen) atoms. The summed E-state index contributed by atoms with van der Waals surface area (Å²) in [5.74, 6) is -0.349. The fraction of sp³-hybridized carbons (Fsp3) is 0.263. The second-order valence-electron chi connectivity index (χ2n) is 6.01. The minimum atomic E-state index is -1.19. The topological polar surface area (TPSA) is 58.6 Å². The summed E-state index contributed by atoms with van der Waals surface area (Å²) in [6.07, 6.45) is 0.353. The van der Waals surface area contributed by atoms with E-state index in [2.05, 4.69) is 5.32 Å². The first-order chi connectivity index (χ1) is 12.4. The van der Waals surface area contributed by atoms with E-state index < -0.39 is 23.3 Å². The van der Waals surface area contributed by atoms with Crippen molar-refractivity contribution in [1.29, 1.82) is 0 Å². The van der Waals surface area contributed by atoms with Crippen LogP contribution in [0.15, 0.2) is 42.5 Å². The Morgan fingerprint density at radius 2 is 1.88 bits per heavy atom. The van der Waals surface area contributed by atoms with Gasteiger partial charge in [-0.15, -0.1) is 0 Å². The van der Waals surface area contributed by atoms with Gasteiger partial charge in [0.25, 0.3) is 5.91 Å². The highest BCUT2D eigenvalue weighted by atomic mass is 35.5. The fourth-order valence-corrected chi connectivity index (χ4v) is 3.35. The molecule has 0 bridgehead atoms. The lowest BCUT2D eigenvalue weighted by molar-refractivity contribution is -0.132. The third kappa shape index (κ3) is 2.90. The number of urea groups is 1. The molecule has 3 amide bonds. The van der Waals surface area contributed by atoms with Gasteiger partial charge >= 0.3 is 6.03 Å². The van der Waals surface area contributed by atoms with E-state index in [0.29, 0.717) is 17.7 Å². The Bertz CT molecular complexity index is 836. The lowest BCUT2D eigenvalue weighted by Gasteiger charge is -2.26. The zero-order chi connectivity index (χ0) is 18.9. The molecule has 1 aliphatic heterocycles. The summed E-state index contributed by atoms with van der Waals surface area (Å²) in [7, 11) is 1.55. The van der Waals surface area contributed by atoms with Crippen molar-refractivity contribution in [3.05, 3.63) is 64.4 Å². The highest BCUT2D eigenvalue weighted by Crippen LogP contribution is 2.35. The van der Waals surface area contributed by atoms with Crippen LogP contribution in [0.4, 0.5) is 9.18 Å². The van der Waals surface area contributed by atoms with Gasteiger partial charge < -0.3 is 10.1 Å². The molecule has 1 N–H and O–H groups in total. The first kappa shape index (κ1) is 18.2. The zero-order valence-corrected chi connectivity index (χ0v) is 15.1. The minimum Gasteiger partial charge on any atom is -0.497 e. The number of nitrogens with zero attached hydrogens (tertiary/aromatic N) is 1. The molecule has 136 valence electrons. The van der Waals surface area contributed by atoms with Crippen LogP contribution < -0.4 is 10.1 Å². The van der Waals surface area contributed by atoms with Crippen molar-refractivity contribution >= 4 is 23.5 Å². The van der Waals surface area contributed by atoms with Gasteiger partial charge in [0, 0.05) is 10.6 Å². The van der Waals surface area contributed by atoms with Gasteiger partial charge in [0.15, 0.2) is 0 Å². The summed E-state index contributed by atoms with van der Waals surface area (Å²) < 4.78 is 19.2. The number of methoxy groups -OCH3 is 1. The van der Waals surface area contributed by atoms with Crippen LogP contribution in [0, 0.1) is 5.82 Å². The van der Waals surface area contributed by atoms with Gasteiger partial charge in [-0.2, -0.15) is 0 Å². The molecule has 0 radical (unpaired) electrons. The molecule has 0 spiro atoms. The number of benzene rings is 2. The summed E-state index contributed by atoms with van der Waals surface area (Å²) >= 11 is 6.04. The molecule has 1 aliphatic rings. The quantitative estimate of drug-likeness (QED) is 0.806. The molecule has 2 aromatic rings. The van der Waals surface area contributed by atoms with Crippen molar-refractivity contribution in [2.75, 3.05) is 7.11 Å². The summed E-state index contributed by atoms with van der Waals surface area (Å²) in [5, 5.41) is 2.93. The lowest BCUT2D eigenvalue weighted by Crippen LogP contribution is -2.43. The maximum atomic E-state index is 14.1. The number of carbonyl (C=O) groups excluding carboxylic acids is 2. The maximum Gasteiger partial charge on any atom is 0.325 e. The Labute approximate surface area is 155 Å². The normalized spacial score (nSPS) is 19.6. The van der Waals surface area contributed by atoms with Crippen LogP contribution in [0.25, 0.3) is 0 Å². The lowest BCUT2D eigenvalue weighted by atomic mass is 9.87. The molecule has 7 heteroatoms. The number of hydrogen-bond donors (Lipinski definition) is 1. The van der Waals surface area contributed by atoms with E-state index >= 15 is 0 Å². The first-order valence-electron chi connectivity index (χ1n) is 8.14. The second kappa shape index (κ2) is 6.96. The molecule has 5 nitrogen and oxygen atoms in total. The second-order valence-corrected chi connectivity index (χ2v) is 6.42. The van der Waals surface area contributed by atoms with Crippen molar-refractivity contribution in [3.8, 4) is 5.75 Å². The van der Waals surface area contributed by atoms with Crippen LogP contribution in [0.1, 0.15) is 24.5 Å². The third-order valence-electron chi connectivity index (χ3n) is 4.67. The molecule has 1 heterocycles. The predicted octanol–water partition coefficient (Wildman–Crippen LogP) is 3.85. The van der Waals surface area contributed by atoms with Crippen LogP contribution in [0.5, 0.6) is 5.75 Å². The van der Waals surface area contributed by atoms with Gasteiger partial charge in [-0.1, -0.05) is 36.7 Å². The summed E-state index contributed by atoms with van der Waals surface area (Å²) in [4.78, 5) is 26.6. The van der Waals surface area contributed by atoms with E-state index in [-0.39, 0.29) is 17.1 Å². The number of imide groups is 1. The smallest absolute Gasteiger partial charge is 0.325 e. The largest absolute Gasteiger partial charge is 0.497 e. The highest BCUT2D eigenvalue weighted by Gasteiger charge is 2.51. The molecule has 2 aromatic carbocycles. The third-order valence-corrected chi connectivity index (χ3v) is 5.02. The van der Waals surface area contributed by atoms with E-state index in [4.69, 9.17) is 16.3 Å². The molecule has 0 saturated carbocycles. The van der Waals surface area contributed by atoms with Crippen molar-refractivity contribution in [3.63, 3.8) is 0 Å². The average molecular weight is 377 g/mol. The predicted molar refractivity (Wildman–Crippen MR) is 95.5 cm³/mol. The van der Waals surface area contributed by atoms with E-state index in [1.165, 1.54) is 18.2 Å². The Morgan fingerprint density at radius 1 is 1.19 bits per heavy atom. The number of rotatable bonds is 5. The van der Waals surface area contributed by atoms with Gasteiger partial charge in [-0.3, -0.25) is 9.69 Å². The molecule has 0 unspecified atom stereocenters. The van der Waals surface area contributed by atoms with Gasteiger partial charge in [-0.05, 0) is 36.2 Å². The molecule has 3 rings (SSSR count). The molecule has 0 aliphatic carbocycles. The number of carbonyl (C=O) groups is 2. The molecule has 0 aromatic heterocycles. The first-order valence-corrected chi connectivity index (χ1v) is 8.52. The van der Waals surface area contributed by atoms with Crippen molar-refractivity contribution < 1.29 is 18.7 Å². The number of halogens is 2. The number of amides is 3. The minimum absolute atomic E-state index is 0.110. The number of nitrogens with one attached hydrogen (secondary N) is 1. The van der Waals surface area contributed by atoms with E-state index in [1.807, 2.05) is 6.92 Å². The summed E-state index contributed by atoms with van der Waals surface area (Å²) in [6.45, 7) is 1.58. The Hall–Kier alpha value is -2.60. The standard InChI is InChI=1S/C19H18ClFN2O3/c1-3-19(12-7-9-13(26-2)10-8-12)17(24)23(18(25)22-19)11-14-15(20)5-4-6-16(14)21/h4-10H,3,11H2,1-2H3,(H,22,25)/t19-/m0/s1. The van der Waals surface area contributed by atoms with Gasteiger partial charge in [0.05, 0.1) is 13.7 Å². The molecule has 1 atom stereocenters. The van der Waals surface area contributed by atoms with Crippen molar-refractivity contribution in [2.24, 2.45) is 0 Å². The summed E-state index contributed by atoms with van der Waals surface area (Å²) in [6, 6.07) is 10.6. The maximum absolute atomic E-state index is 14.1. The highest BCUT2D eigenvalue weighted by molar-refractivity contribution is 6.31. The van der Waals surface area contributed by atoms with Gasteiger partial charge in [-0.25, -0.2) is 9.18 Å². The number of ether oxygens (including phenoxy) is 1. The number of hydrogen-bond acceptors (Lipinski definition) is 3. The van der Waals surface area contributed by atoms with Crippen LogP contribution in [0.3, 0.4) is 0 Å². The Balaban J connectivity index is 1.95. The van der Waals surface area contributed by atoms with Crippen LogP contribution in [-0.4, -0.2) is 23.9 Å². The van der Waals surface area contributed by atoms with Crippen LogP contribution >= 0.6 is 11.6 Å². The van der Waals surface area contributed by atoms with Crippen molar-refractivity contribution in [1.82, 2.24) is 10.2 Å². The van der Waals surface area contributed by atoms with Gasteiger partial charge in [0.2, 0.25) is 0 Å². The molecular weight excluding hydrogens is 359 g/mol. The van der Waals surface area contributed by atoms with E-state index in [9.17, 15) is 14.0 Å². The molecule has 1 fully saturated rings. The average Bonchev–Trinajstić information content (AvgIpc) is 2.89. The van der Waals surface area contributed by atoms with Crippen LogP contribution in [-0.2, 0) is 16.9 Å². The van der Waals surface area contributed by atoms with Gasteiger partial charge in [0.1, 0.15) is 17.1 Å². The van der Waals surface area contributed by atoms with Crippen LogP contribution in [0.2, 0.25) is 5.02 Å². The SMILES string of the molecule is CC[C@@]1(c2ccc(OC)cc2)NC(=O)N(Cc2c(F)cccc2Cl)C1=O. The zero-order valence-electron chi connectivity index (χ0n) is 14.4. The molecular formula is C19H18ClFN2O3. The van der Waals surface area contributed by atoms with Crippen molar-refractivity contribution in [2.45, 2.75) is 25.4 Å². The Morgan fingerprint density at radius 3 is 2.46 bits per heavy atom.